The SMILES string of the molecule is C.CCCCCOc1ccc(-c2cc(-c3ccc(C(C)(C)C)cc3)no2)cc1.CCCCCOc1ccc(-c2ccc(-c3ccc(C(C)(C)C)cc3)cc2)cc1.COCCCCCCOc1ccc(-c2nnc(-c3ccc(C(C)(C)C)cc3)s2)cc1. The molecule has 0 fully saturated rings. The third kappa shape index (κ3) is 21.3. The molecule has 8 nitrogen and oxygen atoms in total. The van der Waals surface area contributed by atoms with Gasteiger partial charge in [-0.2, -0.15) is 0 Å². The third-order valence-corrected chi connectivity index (χ3v) is 15.9. The van der Waals surface area contributed by atoms with Crippen LogP contribution in [0.2, 0.25) is 0 Å². The molecule has 2 aromatic heterocycles. The summed E-state index contributed by atoms with van der Waals surface area (Å²) in [7, 11) is 1.75. The summed E-state index contributed by atoms with van der Waals surface area (Å²) in [4.78, 5) is 0. The normalized spacial score (nSPS) is 11.4. The second-order valence-corrected chi connectivity index (χ2v) is 26.0. The van der Waals surface area contributed by atoms with Gasteiger partial charge in [0, 0.05) is 42.0 Å². The molecular weight excluding hydrogens is 1080 g/mol. The van der Waals surface area contributed by atoms with E-state index in [2.05, 4.69) is 225 Å². The van der Waals surface area contributed by atoms with Crippen LogP contribution in [0.3, 0.4) is 0 Å². The van der Waals surface area contributed by atoms with Gasteiger partial charge in [0.05, 0.1) is 19.8 Å². The molecule has 0 aliphatic rings. The Hall–Kier alpha value is -7.33. The van der Waals surface area contributed by atoms with Crippen molar-refractivity contribution in [3.63, 3.8) is 0 Å². The van der Waals surface area contributed by atoms with Crippen LogP contribution in [0.5, 0.6) is 17.2 Å². The fraction of sp³-hybridized carbons (Fsp3) is 0.390. The van der Waals surface area contributed by atoms with Gasteiger partial charge in [-0.3, -0.25) is 0 Å². The lowest BCUT2D eigenvalue weighted by atomic mass is 9.86. The van der Waals surface area contributed by atoms with Crippen LogP contribution in [-0.4, -0.2) is 48.9 Å². The zero-order valence-corrected chi connectivity index (χ0v) is 53.8. The summed E-state index contributed by atoms with van der Waals surface area (Å²) in [5.41, 5.74) is 14.5. The van der Waals surface area contributed by atoms with Crippen molar-refractivity contribution in [3.8, 4) is 83.2 Å². The van der Waals surface area contributed by atoms with Crippen LogP contribution in [-0.2, 0) is 21.0 Å². The maximum atomic E-state index is 5.85. The third-order valence-electron chi connectivity index (χ3n) is 14.9. The van der Waals surface area contributed by atoms with Crippen molar-refractivity contribution in [3.05, 3.63) is 193 Å². The summed E-state index contributed by atoms with van der Waals surface area (Å²) in [6.45, 7) is 27.6. The maximum absolute atomic E-state index is 5.85. The van der Waals surface area contributed by atoms with Gasteiger partial charge in [-0.15, -0.1) is 10.2 Å². The molecule has 0 saturated carbocycles. The fourth-order valence-electron chi connectivity index (χ4n) is 9.40. The number of hydrogen-bond donors (Lipinski definition) is 0. The van der Waals surface area contributed by atoms with Gasteiger partial charge in [-0.25, -0.2) is 0 Å². The highest BCUT2D eigenvalue weighted by Crippen LogP contribution is 2.34. The quantitative estimate of drug-likeness (QED) is 0.0553. The van der Waals surface area contributed by atoms with E-state index in [1.807, 2.05) is 42.5 Å². The molecule has 0 unspecified atom stereocenters. The Bertz CT molecular complexity index is 3310. The molecule has 9 aromatic rings. The van der Waals surface area contributed by atoms with E-state index in [-0.39, 0.29) is 23.7 Å². The Balaban J connectivity index is 0.000000205. The van der Waals surface area contributed by atoms with E-state index in [1.165, 1.54) is 77.5 Å². The van der Waals surface area contributed by atoms with E-state index in [4.69, 9.17) is 23.5 Å². The standard InChI is InChI=1S/C27H32O.C25H32N2O2S.C24H29NO2.CH4/c1-5-6-7-20-28-26-18-14-24(15-19-26)22-10-8-21(9-11-22)23-12-16-25(17-13-23)27(2,3)4;1-25(2,3)21-13-9-19(10-14-21)23-26-27-24(30-23)20-11-15-22(16-12-20)29-18-8-6-5-7-17-28-4;1-5-6-7-16-26-21-14-10-19(11-15-21)23-17-22(25-27-23)18-8-12-20(13-9-18)24(2,3)4;/h8-19H,5-7,20H2,1-4H3;9-16H,5-8,17-18H2,1-4H3;8-15,17H,5-7,16H2,1-4H3;1H4. The highest BCUT2D eigenvalue weighted by atomic mass is 32.1. The number of benzene rings is 7. The van der Waals surface area contributed by atoms with E-state index >= 15 is 0 Å². The van der Waals surface area contributed by atoms with Gasteiger partial charge in [0.1, 0.15) is 33.0 Å². The lowest BCUT2D eigenvalue weighted by molar-refractivity contribution is 0.191. The van der Waals surface area contributed by atoms with Crippen LogP contribution in [0.15, 0.2) is 180 Å². The highest BCUT2D eigenvalue weighted by Gasteiger charge is 2.17. The molecule has 0 aliphatic carbocycles. The summed E-state index contributed by atoms with van der Waals surface area (Å²) in [5, 5.41) is 14.9. The molecule has 0 N–H and O–H groups in total. The number of hydrogen-bond acceptors (Lipinski definition) is 9. The van der Waals surface area contributed by atoms with Crippen molar-refractivity contribution in [2.75, 3.05) is 33.5 Å². The Morgan fingerprint density at radius 1 is 0.360 bits per heavy atom. The number of nitrogens with zero attached hydrogens (tertiary/aromatic N) is 3. The van der Waals surface area contributed by atoms with E-state index in [9.17, 15) is 0 Å². The lowest BCUT2D eigenvalue weighted by Gasteiger charge is -2.19. The van der Waals surface area contributed by atoms with E-state index in [0.29, 0.717) is 0 Å². The molecule has 0 radical (unpaired) electrons. The molecule has 0 aliphatic heterocycles. The van der Waals surface area contributed by atoms with E-state index in [0.717, 1.165) is 113 Å². The first-order chi connectivity index (χ1) is 40.9. The Labute approximate surface area is 520 Å². The van der Waals surface area contributed by atoms with Gasteiger partial charge in [0.25, 0.3) is 0 Å². The molecular formula is C77H97N3O5S. The van der Waals surface area contributed by atoms with Gasteiger partial charge in [-0.05, 0) is 148 Å². The van der Waals surface area contributed by atoms with Crippen molar-refractivity contribution in [2.24, 2.45) is 0 Å². The number of rotatable bonds is 24. The Morgan fingerprint density at radius 3 is 1.02 bits per heavy atom. The summed E-state index contributed by atoms with van der Waals surface area (Å²) in [6, 6.07) is 61.5. The number of methoxy groups -OCH3 is 1. The molecule has 0 amide bonds. The van der Waals surface area contributed by atoms with Crippen LogP contribution < -0.4 is 14.2 Å². The molecule has 7 aromatic carbocycles. The molecule has 86 heavy (non-hydrogen) atoms. The topological polar surface area (TPSA) is 88.7 Å². The first kappa shape index (κ1) is 67.8. The van der Waals surface area contributed by atoms with Crippen LogP contribution in [0.1, 0.15) is 164 Å². The average molecular weight is 1180 g/mol. The molecule has 0 atom stereocenters. The van der Waals surface area contributed by atoms with Crippen LogP contribution in [0, 0.1) is 0 Å². The van der Waals surface area contributed by atoms with Crippen LogP contribution in [0.4, 0.5) is 0 Å². The Kier molecular flexibility index (Phi) is 26.4. The molecule has 9 rings (SSSR count). The maximum Gasteiger partial charge on any atom is 0.167 e. The molecule has 0 bridgehead atoms. The summed E-state index contributed by atoms with van der Waals surface area (Å²) < 4.78 is 28.1. The van der Waals surface area contributed by atoms with E-state index in [1.54, 1.807) is 18.4 Å². The largest absolute Gasteiger partial charge is 0.494 e. The minimum Gasteiger partial charge on any atom is -0.494 e. The average Bonchev–Trinajstić information content (AvgIpc) is 3.22. The first-order valence-corrected chi connectivity index (χ1v) is 31.6. The molecule has 0 saturated heterocycles. The molecule has 9 heteroatoms. The van der Waals surface area contributed by atoms with Crippen molar-refractivity contribution >= 4 is 11.3 Å². The Morgan fingerprint density at radius 2 is 0.663 bits per heavy atom. The molecule has 0 spiro atoms. The summed E-state index contributed by atoms with van der Waals surface area (Å²) in [6.07, 6.45) is 11.6. The minimum atomic E-state index is 0. The van der Waals surface area contributed by atoms with Crippen molar-refractivity contribution in [1.82, 2.24) is 15.4 Å². The van der Waals surface area contributed by atoms with Crippen LogP contribution >= 0.6 is 11.3 Å². The lowest BCUT2D eigenvalue weighted by Crippen LogP contribution is -2.10. The monoisotopic (exact) mass is 1180 g/mol. The van der Waals surface area contributed by atoms with Gasteiger partial charge in [0.15, 0.2) is 5.76 Å². The van der Waals surface area contributed by atoms with Gasteiger partial charge >= 0.3 is 0 Å². The van der Waals surface area contributed by atoms with Crippen LogP contribution in [0.25, 0.3) is 66.0 Å². The molecule has 2 heterocycles. The van der Waals surface area contributed by atoms with E-state index < -0.39 is 0 Å². The van der Waals surface area contributed by atoms with Gasteiger partial charge in [0.2, 0.25) is 0 Å². The van der Waals surface area contributed by atoms with Gasteiger partial charge in [-0.1, -0.05) is 241 Å². The summed E-state index contributed by atoms with van der Waals surface area (Å²) in [5.74, 6) is 3.52. The van der Waals surface area contributed by atoms with Crippen molar-refractivity contribution < 1.29 is 23.5 Å². The number of aromatic nitrogens is 3. The second-order valence-electron chi connectivity index (χ2n) is 25.0. The predicted molar refractivity (Wildman–Crippen MR) is 364 cm³/mol. The second kappa shape index (κ2) is 33.5. The first-order valence-electron chi connectivity index (χ1n) is 30.8. The number of unbranched alkanes of at least 4 members (excludes halogenated alkanes) is 7. The minimum absolute atomic E-state index is 0. The zero-order valence-electron chi connectivity index (χ0n) is 52.9. The fourth-order valence-corrected chi connectivity index (χ4v) is 10.3. The van der Waals surface area contributed by atoms with Crippen molar-refractivity contribution in [2.45, 2.75) is 164 Å². The smallest absolute Gasteiger partial charge is 0.167 e. The predicted octanol–water partition coefficient (Wildman–Crippen LogP) is 22.2. The molecule has 456 valence electrons. The summed E-state index contributed by atoms with van der Waals surface area (Å²) >= 11 is 1.62. The highest BCUT2D eigenvalue weighted by molar-refractivity contribution is 7.17. The van der Waals surface area contributed by atoms with Crippen molar-refractivity contribution in [1.29, 1.82) is 0 Å². The van der Waals surface area contributed by atoms with Gasteiger partial charge < -0.3 is 23.5 Å². The number of ether oxygens (including phenoxy) is 4. The zero-order chi connectivity index (χ0) is 60.7.